The molecular formula is C33H40ClN3O5. The molecule has 0 bridgehead atoms. The molecule has 2 aliphatic carbocycles. The normalized spacial score (nSPS) is 14.1. The molecule has 5 rings (SSSR count). The van der Waals surface area contributed by atoms with Crippen molar-refractivity contribution in [1.82, 2.24) is 5.32 Å². The molecule has 0 aromatic heterocycles. The average molecular weight is 594 g/mol. The van der Waals surface area contributed by atoms with Crippen molar-refractivity contribution in [2.24, 2.45) is 5.73 Å². The second-order valence-electron chi connectivity index (χ2n) is 10.4. The Balaban J connectivity index is 0.000000293. The number of methoxy groups -OCH3 is 2. The third-order valence-electron chi connectivity index (χ3n) is 7.59. The number of anilines is 1. The third-order valence-corrected chi connectivity index (χ3v) is 7.59. The van der Waals surface area contributed by atoms with Crippen molar-refractivity contribution in [3.05, 3.63) is 100 Å². The van der Waals surface area contributed by atoms with E-state index in [1.54, 1.807) is 0 Å². The van der Waals surface area contributed by atoms with Crippen molar-refractivity contribution in [3.63, 3.8) is 0 Å². The molecule has 2 amide bonds. The van der Waals surface area contributed by atoms with Gasteiger partial charge in [0.1, 0.15) is 12.1 Å². The zero-order chi connectivity index (χ0) is 29.2. The van der Waals surface area contributed by atoms with Crippen LogP contribution in [0, 0.1) is 0 Å². The van der Waals surface area contributed by atoms with Gasteiger partial charge in [-0.2, -0.15) is 0 Å². The number of amides is 2. The molecule has 0 unspecified atom stereocenters. The number of aryl methyl sites for hydroxylation is 2. The molecule has 42 heavy (non-hydrogen) atoms. The van der Waals surface area contributed by atoms with Crippen molar-refractivity contribution < 1.29 is 23.9 Å². The van der Waals surface area contributed by atoms with Crippen LogP contribution in [0.4, 0.5) is 10.5 Å². The fourth-order valence-corrected chi connectivity index (χ4v) is 5.56. The predicted octanol–water partition coefficient (Wildman–Crippen LogP) is 4.72. The molecule has 0 aliphatic heterocycles. The lowest BCUT2D eigenvalue weighted by atomic mass is 9.99. The minimum atomic E-state index is -0.725. The number of hydrogen-bond donors (Lipinski definition) is 3. The summed E-state index contributed by atoms with van der Waals surface area (Å²) >= 11 is 0. The number of fused-ring (bicyclic) bond motifs is 2. The molecule has 0 fully saturated rings. The van der Waals surface area contributed by atoms with Gasteiger partial charge in [0.25, 0.3) is 0 Å². The van der Waals surface area contributed by atoms with Gasteiger partial charge in [0.2, 0.25) is 0 Å². The Morgan fingerprint density at radius 1 is 0.762 bits per heavy atom. The number of hydrogen-bond acceptors (Lipinski definition) is 6. The van der Waals surface area contributed by atoms with Crippen LogP contribution in [0.25, 0.3) is 0 Å². The van der Waals surface area contributed by atoms with Gasteiger partial charge in [-0.05, 0) is 78.3 Å². The lowest BCUT2D eigenvalue weighted by Crippen LogP contribution is -2.45. The van der Waals surface area contributed by atoms with Crippen LogP contribution >= 0.6 is 12.4 Å². The largest absolute Gasteiger partial charge is 0.468 e. The standard InChI is InChI=1S/C23H26N2O3.C10H13NO2.ClH/c1-28-22(26)20(13-15-7-3-2-4-8-15)24-23(27)25-21-18-11-5-9-16(18)14-17-10-6-12-19(17)21;1-13-10(12)9(11)7-8-5-3-2-4-6-8;/h2-4,7-8,14,20H,5-6,9-13H2,1H3,(H2,24,25,27);2-6,9H,7,11H2,1H3;1H/t20-;9-;/m11./s1. The number of carbonyl (C=O) groups excluding carboxylic acids is 3. The van der Waals surface area contributed by atoms with E-state index in [-0.39, 0.29) is 24.4 Å². The second kappa shape index (κ2) is 15.9. The van der Waals surface area contributed by atoms with Crippen molar-refractivity contribution in [3.8, 4) is 0 Å². The van der Waals surface area contributed by atoms with Crippen LogP contribution in [0.5, 0.6) is 0 Å². The van der Waals surface area contributed by atoms with Crippen LogP contribution in [0.15, 0.2) is 66.7 Å². The van der Waals surface area contributed by atoms with Gasteiger partial charge in [-0.25, -0.2) is 9.59 Å². The first-order valence-corrected chi connectivity index (χ1v) is 14.1. The number of carbonyl (C=O) groups is 3. The molecule has 2 aliphatic rings. The van der Waals surface area contributed by atoms with Gasteiger partial charge in [0.15, 0.2) is 0 Å². The van der Waals surface area contributed by atoms with Gasteiger partial charge in [-0.1, -0.05) is 66.7 Å². The predicted molar refractivity (Wildman–Crippen MR) is 166 cm³/mol. The first-order valence-electron chi connectivity index (χ1n) is 14.1. The highest BCUT2D eigenvalue weighted by atomic mass is 35.5. The van der Waals surface area contributed by atoms with E-state index in [0.29, 0.717) is 12.8 Å². The number of nitrogens with two attached hydrogens (primary N) is 1. The molecule has 0 heterocycles. The van der Waals surface area contributed by atoms with E-state index in [4.69, 9.17) is 10.5 Å². The lowest BCUT2D eigenvalue weighted by Gasteiger charge is -2.20. The number of halogens is 1. The van der Waals surface area contributed by atoms with Gasteiger partial charge in [-0.15, -0.1) is 12.4 Å². The molecule has 224 valence electrons. The molecular weight excluding hydrogens is 554 g/mol. The Bertz CT molecular complexity index is 1320. The minimum Gasteiger partial charge on any atom is -0.468 e. The van der Waals surface area contributed by atoms with Crippen molar-refractivity contribution in [1.29, 1.82) is 0 Å². The number of esters is 2. The Labute approximate surface area is 253 Å². The molecule has 0 saturated carbocycles. The van der Waals surface area contributed by atoms with Crippen LogP contribution < -0.4 is 16.4 Å². The highest BCUT2D eigenvalue weighted by molar-refractivity contribution is 5.94. The fourth-order valence-electron chi connectivity index (χ4n) is 5.56. The summed E-state index contributed by atoms with van der Waals surface area (Å²) in [4.78, 5) is 36.0. The molecule has 0 saturated heterocycles. The van der Waals surface area contributed by atoms with Crippen molar-refractivity contribution in [2.75, 3.05) is 19.5 Å². The van der Waals surface area contributed by atoms with Crippen LogP contribution in [0.3, 0.4) is 0 Å². The molecule has 0 spiro atoms. The summed E-state index contributed by atoms with van der Waals surface area (Å²) < 4.78 is 9.42. The number of urea groups is 1. The molecule has 3 aromatic rings. The van der Waals surface area contributed by atoms with E-state index in [2.05, 4.69) is 21.4 Å². The summed E-state index contributed by atoms with van der Waals surface area (Å²) in [6, 6.07) is 20.0. The molecule has 9 heteroatoms. The van der Waals surface area contributed by atoms with E-state index < -0.39 is 18.1 Å². The Kier molecular flexibility index (Phi) is 12.4. The number of ether oxygens (including phenoxy) is 2. The Morgan fingerprint density at radius 3 is 1.76 bits per heavy atom. The lowest BCUT2D eigenvalue weighted by molar-refractivity contribution is -0.143. The monoisotopic (exact) mass is 593 g/mol. The highest BCUT2D eigenvalue weighted by Gasteiger charge is 2.27. The topological polar surface area (TPSA) is 120 Å². The molecule has 4 N–H and O–H groups in total. The molecule has 8 nitrogen and oxygen atoms in total. The number of nitrogens with one attached hydrogen (secondary N) is 2. The second-order valence-corrected chi connectivity index (χ2v) is 10.4. The van der Waals surface area contributed by atoms with Crippen molar-refractivity contribution in [2.45, 2.75) is 63.5 Å². The molecule has 2 atom stereocenters. The zero-order valence-electron chi connectivity index (χ0n) is 24.2. The van der Waals surface area contributed by atoms with Crippen LogP contribution in [0.2, 0.25) is 0 Å². The third kappa shape index (κ3) is 8.57. The highest BCUT2D eigenvalue weighted by Crippen LogP contribution is 2.38. The van der Waals surface area contributed by atoms with Gasteiger partial charge >= 0.3 is 18.0 Å². The maximum Gasteiger partial charge on any atom is 0.328 e. The quantitative estimate of drug-likeness (QED) is 0.325. The smallest absolute Gasteiger partial charge is 0.328 e. The molecule has 0 radical (unpaired) electrons. The number of benzene rings is 3. The summed E-state index contributed by atoms with van der Waals surface area (Å²) in [5.41, 5.74) is 13.8. The fraction of sp³-hybridized carbons (Fsp3) is 0.364. The Hall–Kier alpha value is -3.88. The Morgan fingerprint density at radius 2 is 1.26 bits per heavy atom. The van der Waals surface area contributed by atoms with Gasteiger partial charge in [0.05, 0.1) is 14.2 Å². The summed E-state index contributed by atoms with van der Waals surface area (Å²) in [5, 5.41) is 5.90. The van der Waals surface area contributed by atoms with E-state index in [0.717, 1.165) is 55.3 Å². The van der Waals surface area contributed by atoms with Gasteiger partial charge in [-0.3, -0.25) is 4.79 Å². The summed E-state index contributed by atoms with van der Waals surface area (Å²) in [6.07, 6.45) is 7.35. The number of rotatable bonds is 8. The van der Waals surface area contributed by atoms with E-state index in [1.807, 2.05) is 60.7 Å². The van der Waals surface area contributed by atoms with Crippen LogP contribution in [-0.4, -0.2) is 44.3 Å². The zero-order valence-corrected chi connectivity index (χ0v) is 25.0. The minimum absolute atomic E-state index is 0. The van der Waals surface area contributed by atoms with Crippen molar-refractivity contribution >= 4 is 36.1 Å². The first kappa shape index (κ1) is 32.6. The SMILES string of the molecule is COC(=O)[C@@H](Cc1ccccc1)NC(=O)Nc1c2c(cc3c1CCC3)CCC2.COC(=O)[C@H](N)Cc1ccccc1.Cl. The molecule has 3 aromatic carbocycles. The summed E-state index contributed by atoms with van der Waals surface area (Å²) in [6.45, 7) is 0. The maximum atomic E-state index is 12.8. The van der Waals surface area contributed by atoms with Crippen LogP contribution in [0.1, 0.15) is 46.2 Å². The van der Waals surface area contributed by atoms with Gasteiger partial charge < -0.3 is 25.8 Å². The van der Waals surface area contributed by atoms with E-state index in [9.17, 15) is 14.4 Å². The first-order chi connectivity index (χ1) is 19.9. The summed E-state index contributed by atoms with van der Waals surface area (Å²) in [5.74, 6) is -0.814. The van der Waals surface area contributed by atoms with E-state index >= 15 is 0 Å². The van der Waals surface area contributed by atoms with E-state index in [1.165, 1.54) is 36.5 Å². The maximum absolute atomic E-state index is 12.8. The average Bonchev–Trinajstić information content (AvgIpc) is 3.67. The van der Waals surface area contributed by atoms with Gasteiger partial charge in [0, 0.05) is 12.1 Å². The summed E-state index contributed by atoms with van der Waals surface area (Å²) in [7, 11) is 2.68. The van der Waals surface area contributed by atoms with Crippen LogP contribution in [-0.2, 0) is 57.6 Å².